The van der Waals surface area contributed by atoms with Crippen molar-refractivity contribution in [3.05, 3.63) is 65.4 Å². The maximum atomic E-state index is 13.1. The second-order valence-corrected chi connectivity index (χ2v) is 7.93. The molecule has 4 rings (SSSR count). The van der Waals surface area contributed by atoms with Gasteiger partial charge in [-0.25, -0.2) is 0 Å². The number of benzene rings is 2. The average molecular weight is 421 g/mol. The number of hydrogen-bond donors (Lipinski definition) is 2. The number of carbonyl (C=O) groups is 2. The third-order valence-electron chi connectivity index (χ3n) is 5.76. The van der Waals surface area contributed by atoms with Crippen LogP contribution >= 0.6 is 0 Å². The summed E-state index contributed by atoms with van der Waals surface area (Å²) in [5, 5.41) is 3.87. The summed E-state index contributed by atoms with van der Waals surface area (Å²) >= 11 is 0. The number of piperidine rings is 1. The number of likely N-dealkylation sites (tertiary alicyclic amines) is 1. The normalized spacial score (nSPS) is 17.0. The fraction of sp³-hybridized carbons (Fsp3) is 0.333. The summed E-state index contributed by atoms with van der Waals surface area (Å²) in [7, 11) is 1.59. The van der Waals surface area contributed by atoms with E-state index >= 15 is 0 Å². The third-order valence-corrected chi connectivity index (χ3v) is 5.76. The van der Waals surface area contributed by atoms with Gasteiger partial charge in [0.1, 0.15) is 5.58 Å². The van der Waals surface area contributed by atoms with E-state index in [1.807, 2.05) is 48.5 Å². The summed E-state index contributed by atoms with van der Waals surface area (Å²) in [6, 6.07) is 15.2. The first-order valence-electron chi connectivity index (χ1n) is 10.5. The van der Waals surface area contributed by atoms with E-state index in [0.29, 0.717) is 18.7 Å². The predicted molar refractivity (Wildman–Crippen MR) is 119 cm³/mol. The number of amides is 2. The molecule has 1 saturated heterocycles. The molecule has 0 bridgehead atoms. The number of hydrogen-bond acceptors (Lipinski definition) is 5. The monoisotopic (exact) mass is 421 g/mol. The highest BCUT2D eigenvalue weighted by Gasteiger charge is 2.25. The van der Waals surface area contributed by atoms with Gasteiger partial charge in [0.05, 0.1) is 12.5 Å². The van der Waals surface area contributed by atoms with Crippen LogP contribution in [-0.4, -0.2) is 36.9 Å². The summed E-state index contributed by atoms with van der Waals surface area (Å²) in [6.07, 6.45) is 1.76. The van der Waals surface area contributed by atoms with Gasteiger partial charge >= 0.3 is 0 Å². The zero-order valence-corrected chi connectivity index (χ0v) is 17.6. The Hall–Kier alpha value is -3.16. The number of furan rings is 1. The minimum Gasteiger partial charge on any atom is -0.451 e. The van der Waals surface area contributed by atoms with Crippen molar-refractivity contribution in [3.63, 3.8) is 0 Å². The first-order valence-corrected chi connectivity index (χ1v) is 10.5. The first-order chi connectivity index (χ1) is 15.1. The Kier molecular flexibility index (Phi) is 6.34. The second-order valence-electron chi connectivity index (χ2n) is 7.93. The van der Waals surface area contributed by atoms with Gasteiger partial charge in [-0.05, 0) is 37.1 Å². The maximum Gasteiger partial charge on any atom is 0.291 e. The topological polar surface area (TPSA) is 97.8 Å². The molecule has 1 aliphatic rings. The molecule has 0 spiro atoms. The molecule has 0 aliphatic carbocycles. The number of rotatable bonds is 7. The van der Waals surface area contributed by atoms with Crippen LogP contribution in [0.2, 0.25) is 0 Å². The molecule has 1 aliphatic heterocycles. The minimum absolute atomic E-state index is 0.123. The van der Waals surface area contributed by atoms with Crippen molar-refractivity contribution in [2.45, 2.75) is 26.0 Å². The van der Waals surface area contributed by atoms with E-state index in [2.05, 4.69) is 10.2 Å². The maximum absolute atomic E-state index is 13.1. The number of ether oxygens (including phenoxy) is 1. The van der Waals surface area contributed by atoms with Gasteiger partial charge in [0, 0.05) is 36.8 Å². The van der Waals surface area contributed by atoms with Crippen molar-refractivity contribution in [3.8, 4) is 0 Å². The SMILES string of the molecule is COCc1c(C(=O)Nc2ccccc2CN2CCCC(C(N)=O)C2)oc2ccccc12. The quantitative estimate of drug-likeness (QED) is 0.608. The van der Waals surface area contributed by atoms with Crippen molar-refractivity contribution < 1.29 is 18.7 Å². The number of nitrogens with zero attached hydrogens (tertiary/aromatic N) is 1. The van der Waals surface area contributed by atoms with Crippen LogP contribution in [-0.2, 0) is 22.7 Å². The predicted octanol–water partition coefficient (Wildman–Crippen LogP) is 3.53. The van der Waals surface area contributed by atoms with Crippen LogP contribution in [0.4, 0.5) is 5.69 Å². The Morgan fingerprint density at radius 2 is 1.97 bits per heavy atom. The Morgan fingerprint density at radius 1 is 1.19 bits per heavy atom. The first kappa shape index (κ1) is 21.1. The number of para-hydroxylation sites is 2. The highest BCUT2D eigenvalue weighted by Crippen LogP contribution is 2.28. The summed E-state index contributed by atoms with van der Waals surface area (Å²) in [5.41, 5.74) is 8.59. The van der Waals surface area contributed by atoms with Crippen LogP contribution in [0.5, 0.6) is 0 Å². The van der Waals surface area contributed by atoms with Crippen LogP contribution in [0.15, 0.2) is 52.9 Å². The van der Waals surface area contributed by atoms with Crippen LogP contribution < -0.4 is 11.1 Å². The van der Waals surface area contributed by atoms with E-state index in [0.717, 1.165) is 41.6 Å². The highest BCUT2D eigenvalue weighted by atomic mass is 16.5. The molecule has 2 heterocycles. The van der Waals surface area contributed by atoms with Gasteiger partial charge in [-0.1, -0.05) is 36.4 Å². The molecule has 7 heteroatoms. The zero-order chi connectivity index (χ0) is 21.8. The fourth-order valence-electron chi connectivity index (χ4n) is 4.20. The van der Waals surface area contributed by atoms with Gasteiger partial charge in [0.15, 0.2) is 5.76 Å². The molecule has 1 atom stereocenters. The molecule has 0 radical (unpaired) electrons. The van der Waals surface area contributed by atoms with Crippen LogP contribution in [0.25, 0.3) is 11.0 Å². The number of methoxy groups -OCH3 is 1. The molecule has 1 unspecified atom stereocenters. The Morgan fingerprint density at radius 3 is 2.77 bits per heavy atom. The summed E-state index contributed by atoms with van der Waals surface area (Å²) in [4.78, 5) is 26.9. The van der Waals surface area contributed by atoms with Gasteiger partial charge in [-0.3, -0.25) is 14.5 Å². The van der Waals surface area contributed by atoms with Gasteiger partial charge in [0.25, 0.3) is 5.91 Å². The van der Waals surface area contributed by atoms with Crippen molar-refractivity contribution >= 4 is 28.5 Å². The summed E-state index contributed by atoms with van der Waals surface area (Å²) < 4.78 is 11.2. The van der Waals surface area contributed by atoms with Gasteiger partial charge in [-0.2, -0.15) is 0 Å². The molecule has 3 aromatic rings. The Bertz CT molecular complexity index is 1090. The van der Waals surface area contributed by atoms with E-state index in [1.165, 1.54) is 0 Å². The minimum atomic E-state index is -0.315. The smallest absolute Gasteiger partial charge is 0.291 e. The third kappa shape index (κ3) is 4.62. The number of fused-ring (bicyclic) bond motifs is 1. The van der Waals surface area contributed by atoms with Crippen LogP contribution in [0.1, 0.15) is 34.5 Å². The van der Waals surface area contributed by atoms with Gasteiger partial charge in [0.2, 0.25) is 5.91 Å². The molecule has 1 fully saturated rings. The van der Waals surface area contributed by atoms with Crippen molar-refractivity contribution in [2.24, 2.45) is 11.7 Å². The number of nitrogens with two attached hydrogens (primary N) is 1. The number of primary amides is 1. The van der Waals surface area contributed by atoms with Crippen LogP contribution in [0, 0.1) is 5.92 Å². The van der Waals surface area contributed by atoms with Crippen molar-refractivity contribution in [1.29, 1.82) is 0 Å². The van der Waals surface area contributed by atoms with E-state index in [-0.39, 0.29) is 30.1 Å². The lowest BCUT2D eigenvalue weighted by Gasteiger charge is -2.31. The number of nitrogens with one attached hydrogen (secondary N) is 1. The lowest BCUT2D eigenvalue weighted by molar-refractivity contribution is -0.123. The lowest BCUT2D eigenvalue weighted by Crippen LogP contribution is -2.40. The molecule has 2 aromatic carbocycles. The van der Waals surface area contributed by atoms with E-state index in [1.54, 1.807) is 7.11 Å². The summed E-state index contributed by atoms with van der Waals surface area (Å²) in [5.74, 6) is -0.432. The van der Waals surface area contributed by atoms with Crippen LogP contribution in [0.3, 0.4) is 0 Å². The van der Waals surface area contributed by atoms with Crippen molar-refractivity contribution in [2.75, 3.05) is 25.5 Å². The molecule has 31 heavy (non-hydrogen) atoms. The molecule has 7 nitrogen and oxygen atoms in total. The molecule has 2 amide bonds. The van der Waals surface area contributed by atoms with Gasteiger partial charge in [-0.15, -0.1) is 0 Å². The zero-order valence-electron chi connectivity index (χ0n) is 17.6. The number of anilines is 1. The molecule has 1 aromatic heterocycles. The van der Waals surface area contributed by atoms with Gasteiger partial charge < -0.3 is 20.2 Å². The lowest BCUT2D eigenvalue weighted by atomic mass is 9.97. The number of carbonyl (C=O) groups excluding carboxylic acids is 2. The van der Waals surface area contributed by atoms with E-state index in [9.17, 15) is 9.59 Å². The van der Waals surface area contributed by atoms with E-state index in [4.69, 9.17) is 14.9 Å². The molecule has 3 N–H and O–H groups in total. The second kappa shape index (κ2) is 9.32. The van der Waals surface area contributed by atoms with E-state index < -0.39 is 0 Å². The largest absolute Gasteiger partial charge is 0.451 e. The molecule has 162 valence electrons. The summed E-state index contributed by atoms with van der Waals surface area (Å²) in [6.45, 7) is 2.45. The average Bonchev–Trinajstić information content (AvgIpc) is 3.14. The fourth-order valence-corrected chi connectivity index (χ4v) is 4.20. The molecular weight excluding hydrogens is 394 g/mol. The Balaban J connectivity index is 1.55. The molecular formula is C24H27N3O4. The Labute approximate surface area is 181 Å². The molecule has 0 saturated carbocycles. The highest BCUT2D eigenvalue weighted by molar-refractivity contribution is 6.06. The van der Waals surface area contributed by atoms with Crippen molar-refractivity contribution in [1.82, 2.24) is 4.90 Å². The standard InChI is InChI=1S/C24H27N3O4/c1-30-15-19-18-9-3-5-11-21(18)31-22(19)24(29)26-20-10-4-2-7-16(20)13-27-12-6-8-17(14-27)23(25)28/h2-5,7,9-11,17H,6,8,12-15H2,1H3,(H2,25,28)(H,26,29).